The Labute approximate surface area is 263 Å². The Morgan fingerprint density at radius 1 is 1.00 bits per heavy atom. The molecule has 0 radical (unpaired) electrons. The number of likely N-dealkylation sites (tertiary alicyclic amines) is 1. The van der Waals surface area contributed by atoms with E-state index in [-0.39, 0.29) is 35.4 Å². The average molecular weight is 610 g/mol. The van der Waals surface area contributed by atoms with Crippen LogP contribution >= 0.6 is 0 Å². The zero-order valence-electron chi connectivity index (χ0n) is 25.8. The van der Waals surface area contributed by atoms with Gasteiger partial charge in [-0.2, -0.15) is 0 Å². The summed E-state index contributed by atoms with van der Waals surface area (Å²) in [5.74, 6) is -0.939. The van der Waals surface area contributed by atoms with E-state index in [4.69, 9.17) is 0 Å². The van der Waals surface area contributed by atoms with Crippen LogP contribution in [-0.4, -0.2) is 78.8 Å². The van der Waals surface area contributed by atoms with Gasteiger partial charge in [0.2, 0.25) is 11.8 Å². The van der Waals surface area contributed by atoms with Crippen molar-refractivity contribution in [1.82, 2.24) is 20.1 Å². The van der Waals surface area contributed by atoms with E-state index in [2.05, 4.69) is 15.2 Å². The number of anilines is 1. The SMILES string of the molecule is CN(C)CC1Cc2cc(F)ccc2N(C(=O)[C@@H](Cc2c[nH]c3ccccc23)NC(=O)C2CCN(C(=O)c3ccccc3)CC2)C1. The normalized spacial score (nSPS) is 17.7. The lowest BCUT2D eigenvalue weighted by Gasteiger charge is -2.38. The number of aromatic amines is 1. The van der Waals surface area contributed by atoms with Crippen LogP contribution in [0.2, 0.25) is 0 Å². The van der Waals surface area contributed by atoms with E-state index < -0.39 is 6.04 Å². The fraction of sp³-hybridized carbons (Fsp3) is 0.361. The lowest BCUT2D eigenvalue weighted by molar-refractivity contribution is -0.131. The fourth-order valence-electron chi connectivity index (χ4n) is 6.87. The van der Waals surface area contributed by atoms with Gasteiger partial charge >= 0.3 is 0 Å². The molecule has 0 spiro atoms. The monoisotopic (exact) mass is 609 g/mol. The molecule has 2 N–H and O–H groups in total. The van der Waals surface area contributed by atoms with E-state index in [0.717, 1.165) is 28.6 Å². The minimum absolute atomic E-state index is 0.0330. The number of fused-ring (bicyclic) bond motifs is 2. The molecule has 3 heterocycles. The first-order valence-corrected chi connectivity index (χ1v) is 15.7. The van der Waals surface area contributed by atoms with Crippen molar-refractivity contribution in [1.29, 1.82) is 0 Å². The van der Waals surface area contributed by atoms with Crippen LogP contribution in [0.5, 0.6) is 0 Å². The van der Waals surface area contributed by atoms with E-state index in [1.165, 1.54) is 12.1 Å². The number of carbonyl (C=O) groups excluding carboxylic acids is 3. The van der Waals surface area contributed by atoms with Gasteiger partial charge in [0.05, 0.1) is 0 Å². The molecule has 1 unspecified atom stereocenters. The highest BCUT2D eigenvalue weighted by molar-refractivity contribution is 6.01. The Kier molecular flexibility index (Phi) is 8.98. The summed E-state index contributed by atoms with van der Waals surface area (Å²) in [6, 6.07) is 20.9. The van der Waals surface area contributed by atoms with Crippen molar-refractivity contribution in [2.75, 3.05) is 45.2 Å². The highest BCUT2D eigenvalue weighted by Gasteiger charge is 2.36. The van der Waals surface area contributed by atoms with Crippen LogP contribution in [0.25, 0.3) is 10.9 Å². The summed E-state index contributed by atoms with van der Waals surface area (Å²) in [4.78, 5) is 50.2. The fourth-order valence-corrected chi connectivity index (χ4v) is 6.87. The minimum atomic E-state index is -0.823. The number of piperidine rings is 1. The number of carbonyl (C=O) groups is 3. The molecule has 0 bridgehead atoms. The van der Waals surface area contributed by atoms with E-state index in [1.807, 2.05) is 62.8 Å². The first-order valence-electron chi connectivity index (χ1n) is 15.7. The molecule has 1 aromatic heterocycles. The lowest BCUT2D eigenvalue weighted by atomic mass is 9.90. The van der Waals surface area contributed by atoms with Crippen molar-refractivity contribution >= 4 is 34.3 Å². The largest absolute Gasteiger partial charge is 0.361 e. The van der Waals surface area contributed by atoms with Gasteiger partial charge in [-0.1, -0.05) is 36.4 Å². The van der Waals surface area contributed by atoms with Crippen LogP contribution < -0.4 is 10.2 Å². The van der Waals surface area contributed by atoms with Crippen LogP contribution in [0.15, 0.2) is 79.0 Å². The molecule has 0 aliphatic carbocycles. The maximum Gasteiger partial charge on any atom is 0.253 e. The smallest absolute Gasteiger partial charge is 0.253 e. The number of rotatable bonds is 8. The van der Waals surface area contributed by atoms with Gasteiger partial charge in [-0.3, -0.25) is 14.4 Å². The summed E-state index contributed by atoms with van der Waals surface area (Å²) in [5, 5.41) is 4.13. The van der Waals surface area contributed by atoms with Gasteiger partial charge in [0, 0.05) is 66.9 Å². The molecule has 2 aliphatic heterocycles. The molecule has 9 heteroatoms. The molecule has 1 saturated heterocycles. The first kappa shape index (κ1) is 30.5. The van der Waals surface area contributed by atoms with Gasteiger partial charge in [-0.05, 0) is 86.8 Å². The van der Waals surface area contributed by atoms with Crippen molar-refractivity contribution in [2.45, 2.75) is 31.7 Å². The Morgan fingerprint density at radius 3 is 2.49 bits per heavy atom. The quantitative estimate of drug-likeness (QED) is 0.305. The molecular formula is C36H40FN5O3. The summed E-state index contributed by atoms with van der Waals surface area (Å²) >= 11 is 0. The number of aromatic nitrogens is 1. The number of nitrogens with one attached hydrogen (secondary N) is 2. The predicted molar refractivity (Wildman–Crippen MR) is 174 cm³/mol. The summed E-state index contributed by atoms with van der Waals surface area (Å²) in [5.41, 5.74) is 4.04. The van der Waals surface area contributed by atoms with Crippen molar-refractivity contribution in [3.8, 4) is 0 Å². The van der Waals surface area contributed by atoms with Crippen LogP contribution in [0, 0.1) is 17.7 Å². The standard InChI is InChI=1S/C36H40FN5O3/c1-40(2)22-24-18-27-19-29(37)12-13-33(27)42(23-24)36(45)32(20-28-21-38-31-11-7-6-10-30(28)31)39-34(43)25-14-16-41(17-15-25)35(44)26-8-4-3-5-9-26/h3-13,19,21,24-25,32,38H,14-18,20,22-23H2,1-2H3,(H,39,43)/t24?,32-/m1/s1. The molecule has 1 fully saturated rings. The highest BCUT2D eigenvalue weighted by atomic mass is 19.1. The lowest BCUT2D eigenvalue weighted by Crippen LogP contribution is -2.54. The van der Waals surface area contributed by atoms with Gasteiger partial charge in [0.1, 0.15) is 11.9 Å². The average Bonchev–Trinajstić information content (AvgIpc) is 3.46. The van der Waals surface area contributed by atoms with E-state index in [0.29, 0.717) is 56.6 Å². The van der Waals surface area contributed by atoms with Gasteiger partial charge in [0.15, 0.2) is 0 Å². The zero-order chi connectivity index (χ0) is 31.5. The summed E-state index contributed by atoms with van der Waals surface area (Å²) in [7, 11) is 3.98. The maximum absolute atomic E-state index is 14.5. The number of nitrogens with zero attached hydrogens (tertiary/aromatic N) is 3. The zero-order valence-corrected chi connectivity index (χ0v) is 25.8. The second-order valence-corrected chi connectivity index (χ2v) is 12.6. The third-order valence-electron chi connectivity index (χ3n) is 9.06. The Bertz CT molecular complexity index is 1680. The number of para-hydroxylation sites is 1. The van der Waals surface area contributed by atoms with Crippen LogP contribution in [0.4, 0.5) is 10.1 Å². The number of amides is 3. The second kappa shape index (κ2) is 13.2. The first-order chi connectivity index (χ1) is 21.8. The maximum atomic E-state index is 14.5. The molecule has 45 heavy (non-hydrogen) atoms. The number of halogens is 1. The topological polar surface area (TPSA) is 88.8 Å². The van der Waals surface area contributed by atoms with Gasteiger partial charge in [0.25, 0.3) is 5.91 Å². The predicted octanol–water partition coefficient (Wildman–Crippen LogP) is 4.65. The number of hydrogen-bond donors (Lipinski definition) is 2. The van der Waals surface area contributed by atoms with Crippen LogP contribution in [0.3, 0.4) is 0 Å². The summed E-state index contributed by atoms with van der Waals surface area (Å²) in [6.45, 7) is 2.18. The van der Waals surface area contributed by atoms with E-state index in [9.17, 15) is 18.8 Å². The van der Waals surface area contributed by atoms with E-state index >= 15 is 0 Å². The molecule has 3 amide bonds. The van der Waals surface area contributed by atoms with Crippen molar-refractivity contribution in [2.24, 2.45) is 11.8 Å². The molecule has 0 saturated carbocycles. The Morgan fingerprint density at radius 2 is 1.73 bits per heavy atom. The third kappa shape index (κ3) is 6.78. The Hall–Kier alpha value is -4.50. The number of H-pyrrole nitrogens is 1. The molecule has 234 valence electrons. The number of benzene rings is 3. The molecule has 3 aromatic carbocycles. The molecule has 2 atom stereocenters. The molecule has 8 nitrogen and oxygen atoms in total. The molecular weight excluding hydrogens is 569 g/mol. The van der Waals surface area contributed by atoms with Gasteiger partial charge < -0.3 is 25.0 Å². The molecule has 4 aromatic rings. The van der Waals surface area contributed by atoms with Crippen molar-refractivity contribution < 1.29 is 18.8 Å². The summed E-state index contributed by atoms with van der Waals surface area (Å²) in [6.07, 6.45) is 3.93. The molecule has 2 aliphatic rings. The van der Waals surface area contributed by atoms with Crippen molar-refractivity contribution in [3.63, 3.8) is 0 Å². The van der Waals surface area contributed by atoms with Gasteiger partial charge in [-0.25, -0.2) is 4.39 Å². The third-order valence-corrected chi connectivity index (χ3v) is 9.06. The summed E-state index contributed by atoms with van der Waals surface area (Å²) < 4.78 is 14.3. The second-order valence-electron chi connectivity index (χ2n) is 12.6. The van der Waals surface area contributed by atoms with Crippen LogP contribution in [-0.2, 0) is 22.4 Å². The highest BCUT2D eigenvalue weighted by Crippen LogP contribution is 2.32. The molecule has 6 rings (SSSR count). The van der Waals surface area contributed by atoms with E-state index in [1.54, 1.807) is 28.0 Å². The van der Waals surface area contributed by atoms with Crippen molar-refractivity contribution in [3.05, 3.63) is 102 Å². The Balaban J connectivity index is 1.23. The van der Waals surface area contributed by atoms with Gasteiger partial charge in [-0.15, -0.1) is 0 Å². The number of hydrogen-bond acceptors (Lipinski definition) is 4. The minimum Gasteiger partial charge on any atom is -0.361 e. The van der Waals surface area contributed by atoms with Crippen LogP contribution in [0.1, 0.15) is 34.3 Å².